The summed E-state index contributed by atoms with van der Waals surface area (Å²) in [5.74, 6) is 0. The van der Waals surface area contributed by atoms with Crippen molar-refractivity contribution in [3.63, 3.8) is 0 Å². The van der Waals surface area contributed by atoms with Crippen molar-refractivity contribution in [2.45, 2.75) is 43.7 Å². The molecular formula is C18H19ClF3NO2S. The van der Waals surface area contributed by atoms with E-state index in [2.05, 4.69) is 11.6 Å². The number of rotatable bonds is 7. The van der Waals surface area contributed by atoms with Gasteiger partial charge >= 0.3 is 6.18 Å². The van der Waals surface area contributed by atoms with Crippen molar-refractivity contribution in [1.29, 1.82) is 0 Å². The molecule has 0 heterocycles. The lowest BCUT2D eigenvalue weighted by atomic mass is 10.1. The van der Waals surface area contributed by atoms with Gasteiger partial charge in [-0.25, -0.2) is 8.42 Å². The average Bonchev–Trinajstić information content (AvgIpc) is 2.56. The molecule has 0 atom stereocenters. The smallest absolute Gasteiger partial charge is 0.280 e. The number of nitrogens with one attached hydrogen (secondary N) is 1. The molecule has 8 heteroatoms. The lowest BCUT2D eigenvalue weighted by Gasteiger charge is -2.13. The molecule has 0 saturated heterocycles. The fourth-order valence-corrected chi connectivity index (χ4v) is 3.71. The van der Waals surface area contributed by atoms with Crippen LogP contribution in [0.15, 0.2) is 47.4 Å². The fraction of sp³-hybridized carbons (Fsp3) is 0.333. The molecule has 3 nitrogen and oxygen atoms in total. The number of alkyl halides is 3. The summed E-state index contributed by atoms with van der Waals surface area (Å²) >= 11 is 5.54. The van der Waals surface area contributed by atoms with Gasteiger partial charge in [-0.1, -0.05) is 43.5 Å². The second-order valence-corrected chi connectivity index (χ2v) is 7.99. The van der Waals surface area contributed by atoms with Gasteiger partial charge in [0, 0.05) is 5.69 Å². The molecule has 142 valence electrons. The topological polar surface area (TPSA) is 46.2 Å². The van der Waals surface area contributed by atoms with E-state index in [0.29, 0.717) is 6.07 Å². The van der Waals surface area contributed by atoms with Crippen LogP contribution < -0.4 is 4.72 Å². The fourth-order valence-electron chi connectivity index (χ4n) is 2.43. The summed E-state index contributed by atoms with van der Waals surface area (Å²) in [6.07, 6.45) is -0.602. The predicted molar refractivity (Wildman–Crippen MR) is 96.9 cm³/mol. The average molecular weight is 406 g/mol. The van der Waals surface area contributed by atoms with Crippen molar-refractivity contribution in [2.24, 2.45) is 0 Å². The first kappa shape index (κ1) is 20.6. The van der Waals surface area contributed by atoms with Crippen LogP contribution in [0.25, 0.3) is 0 Å². The van der Waals surface area contributed by atoms with E-state index >= 15 is 0 Å². The summed E-state index contributed by atoms with van der Waals surface area (Å²) in [6, 6.07) is 9.21. The first-order valence-electron chi connectivity index (χ1n) is 8.12. The molecule has 0 spiro atoms. The van der Waals surface area contributed by atoms with Crippen molar-refractivity contribution in [3.8, 4) is 0 Å². The minimum absolute atomic E-state index is 0.0137. The quantitative estimate of drug-likeness (QED) is 0.583. The minimum atomic E-state index is -4.67. The lowest BCUT2D eigenvalue weighted by Crippen LogP contribution is -2.14. The molecule has 0 saturated carbocycles. The summed E-state index contributed by atoms with van der Waals surface area (Å²) in [6.45, 7) is 2.10. The molecule has 0 radical (unpaired) electrons. The third kappa shape index (κ3) is 5.38. The highest BCUT2D eigenvalue weighted by Crippen LogP contribution is 2.36. The van der Waals surface area contributed by atoms with Crippen LogP contribution >= 0.6 is 11.6 Å². The van der Waals surface area contributed by atoms with Gasteiger partial charge in [0.15, 0.2) is 0 Å². The Labute approximate surface area is 156 Å². The van der Waals surface area contributed by atoms with Crippen LogP contribution in [0.5, 0.6) is 0 Å². The summed E-state index contributed by atoms with van der Waals surface area (Å²) in [7, 11) is -3.99. The van der Waals surface area contributed by atoms with Crippen LogP contribution in [0, 0.1) is 0 Å². The van der Waals surface area contributed by atoms with Crippen molar-refractivity contribution < 1.29 is 21.6 Å². The molecule has 2 aromatic rings. The number of aryl methyl sites for hydroxylation is 1. The van der Waals surface area contributed by atoms with E-state index in [1.54, 1.807) is 12.1 Å². The number of anilines is 1. The molecule has 2 rings (SSSR count). The molecule has 0 fully saturated rings. The van der Waals surface area contributed by atoms with Gasteiger partial charge in [0.05, 0.1) is 15.5 Å². The SMILES string of the molecule is CCCCCc1ccc(S(=O)(=O)Nc2ccc(Cl)c(C(F)(F)F)c2)cc1. The first-order valence-corrected chi connectivity index (χ1v) is 9.98. The van der Waals surface area contributed by atoms with E-state index in [4.69, 9.17) is 11.6 Å². The monoisotopic (exact) mass is 405 g/mol. The van der Waals surface area contributed by atoms with E-state index in [0.717, 1.165) is 37.3 Å². The Morgan fingerprint density at radius 2 is 1.69 bits per heavy atom. The molecule has 0 aliphatic carbocycles. The Balaban J connectivity index is 2.18. The van der Waals surface area contributed by atoms with E-state index < -0.39 is 26.8 Å². The molecule has 0 unspecified atom stereocenters. The maximum atomic E-state index is 12.9. The van der Waals surface area contributed by atoms with Crippen LogP contribution in [0.2, 0.25) is 5.02 Å². The van der Waals surface area contributed by atoms with Gasteiger partial charge in [0.2, 0.25) is 0 Å². The van der Waals surface area contributed by atoms with Crippen LogP contribution in [0.4, 0.5) is 18.9 Å². The number of hydrogen-bond acceptors (Lipinski definition) is 2. The highest BCUT2D eigenvalue weighted by Gasteiger charge is 2.33. The Bertz CT molecular complexity index is 850. The second kappa shape index (κ2) is 8.31. The largest absolute Gasteiger partial charge is 0.417 e. The number of benzene rings is 2. The van der Waals surface area contributed by atoms with Crippen LogP contribution in [0.3, 0.4) is 0 Å². The number of unbranched alkanes of at least 4 members (excludes halogenated alkanes) is 2. The molecule has 0 aliphatic heterocycles. The van der Waals surface area contributed by atoms with Gasteiger partial charge in [0.25, 0.3) is 10.0 Å². The number of hydrogen-bond donors (Lipinski definition) is 1. The molecule has 1 N–H and O–H groups in total. The van der Waals surface area contributed by atoms with Gasteiger partial charge in [-0.05, 0) is 48.7 Å². The zero-order valence-electron chi connectivity index (χ0n) is 14.1. The lowest BCUT2D eigenvalue weighted by molar-refractivity contribution is -0.137. The first-order chi connectivity index (χ1) is 12.1. The number of halogens is 4. The van der Waals surface area contributed by atoms with Crippen molar-refractivity contribution in [3.05, 3.63) is 58.6 Å². The van der Waals surface area contributed by atoms with Crippen molar-refractivity contribution >= 4 is 27.3 Å². The Kier molecular flexibility index (Phi) is 6.58. The third-order valence-corrected chi connectivity index (χ3v) is 5.55. The Hall–Kier alpha value is -1.73. The van der Waals surface area contributed by atoms with Gasteiger partial charge in [-0.15, -0.1) is 0 Å². The van der Waals surface area contributed by atoms with Gasteiger partial charge < -0.3 is 0 Å². The molecule has 26 heavy (non-hydrogen) atoms. The van der Waals surface area contributed by atoms with E-state index in [-0.39, 0.29) is 10.6 Å². The molecule has 0 amide bonds. The maximum Gasteiger partial charge on any atom is 0.417 e. The molecule has 2 aromatic carbocycles. The Morgan fingerprint density at radius 3 is 2.27 bits per heavy atom. The Morgan fingerprint density at radius 1 is 1.04 bits per heavy atom. The van der Waals surface area contributed by atoms with Gasteiger partial charge in [-0.2, -0.15) is 13.2 Å². The molecular weight excluding hydrogens is 387 g/mol. The normalized spacial score (nSPS) is 12.2. The second-order valence-electron chi connectivity index (χ2n) is 5.90. The van der Waals surface area contributed by atoms with Gasteiger partial charge in [-0.3, -0.25) is 4.72 Å². The minimum Gasteiger partial charge on any atom is -0.280 e. The standard InChI is InChI=1S/C18H19ClF3NO2S/c1-2-3-4-5-13-6-9-15(10-7-13)26(24,25)23-14-8-11-17(19)16(12-14)18(20,21)22/h6-12,23H,2-5H2,1H3. The summed E-state index contributed by atoms with van der Waals surface area (Å²) in [4.78, 5) is -0.0137. The van der Waals surface area contributed by atoms with Gasteiger partial charge in [0.1, 0.15) is 0 Å². The van der Waals surface area contributed by atoms with Crippen molar-refractivity contribution in [1.82, 2.24) is 0 Å². The maximum absolute atomic E-state index is 12.9. The zero-order valence-corrected chi connectivity index (χ0v) is 15.7. The summed E-state index contributed by atoms with van der Waals surface area (Å²) < 4.78 is 65.6. The predicted octanol–water partition coefficient (Wildman–Crippen LogP) is 5.89. The number of sulfonamides is 1. The van der Waals surface area contributed by atoms with Crippen LogP contribution in [-0.4, -0.2) is 8.42 Å². The van der Waals surface area contributed by atoms with Crippen molar-refractivity contribution in [2.75, 3.05) is 4.72 Å². The van der Waals surface area contributed by atoms with Crippen LogP contribution in [-0.2, 0) is 22.6 Å². The molecule has 0 aliphatic rings. The van der Waals surface area contributed by atoms with E-state index in [1.807, 2.05) is 0 Å². The van der Waals surface area contributed by atoms with E-state index in [9.17, 15) is 21.6 Å². The van der Waals surface area contributed by atoms with E-state index in [1.165, 1.54) is 18.2 Å². The highest BCUT2D eigenvalue weighted by molar-refractivity contribution is 7.92. The van der Waals surface area contributed by atoms with Crippen LogP contribution in [0.1, 0.15) is 37.3 Å². The summed E-state index contributed by atoms with van der Waals surface area (Å²) in [5, 5.41) is -0.489. The highest BCUT2D eigenvalue weighted by atomic mass is 35.5. The zero-order chi connectivity index (χ0) is 19.4. The third-order valence-electron chi connectivity index (χ3n) is 3.83. The molecule has 0 bridgehead atoms. The molecule has 0 aromatic heterocycles. The summed E-state index contributed by atoms with van der Waals surface area (Å²) in [5.41, 5.74) is -0.275.